The van der Waals surface area contributed by atoms with Crippen LogP contribution in [0.25, 0.3) is 0 Å². The molecule has 0 saturated heterocycles. The van der Waals surface area contributed by atoms with Crippen LogP contribution in [-0.2, 0) is 12.8 Å². The van der Waals surface area contributed by atoms with Gasteiger partial charge in [-0.15, -0.1) is 0 Å². The molecule has 1 aromatic carbocycles. The molecule has 4 heteroatoms. The maximum atomic E-state index is 13.4. The van der Waals surface area contributed by atoms with Crippen molar-refractivity contribution in [2.75, 3.05) is 7.05 Å². The molecule has 1 atom stereocenters. The maximum absolute atomic E-state index is 13.4. The number of hydrogen-bond acceptors (Lipinski definition) is 2. The van der Waals surface area contributed by atoms with E-state index >= 15 is 0 Å². The van der Waals surface area contributed by atoms with Gasteiger partial charge in [-0.1, -0.05) is 23.7 Å². The van der Waals surface area contributed by atoms with Crippen LogP contribution < -0.4 is 5.32 Å². The highest BCUT2D eigenvalue weighted by molar-refractivity contribution is 6.30. The Labute approximate surface area is 124 Å². The van der Waals surface area contributed by atoms with Gasteiger partial charge in [-0.05, 0) is 56.1 Å². The molecule has 0 saturated carbocycles. The molecule has 1 unspecified atom stereocenters. The van der Waals surface area contributed by atoms with Crippen molar-refractivity contribution in [3.63, 3.8) is 0 Å². The molecule has 106 valence electrons. The van der Waals surface area contributed by atoms with Crippen molar-refractivity contribution in [3.05, 3.63) is 64.7 Å². The molecule has 2 nitrogen and oxygen atoms in total. The summed E-state index contributed by atoms with van der Waals surface area (Å²) >= 11 is 5.69. The second-order valence-electron chi connectivity index (χ2n) is 4.80. The summed E-state index contributed by atoms with van der Waals surface area (Å²) in [5.74, 6) is -0.358. The molecule has 2 aromatic rings. The van der Waals surface area contributed by atoms with Gasteiger partial charge in [0.05, 0.1) is 5.02 Å². The minimum atomic E-state index is -0.358. The predicted octanol–water partition coefficient (Wildman–Crippen LogP) is 3.64. The molecule has 0 bridgehead atoms. The van der Waals surface area contributed by atoms with Gasteiger partial charge in [-0.2, -0.15) is 0 Å². The third-order valence-corrected chi connectivity index (χ3v) is 3.66. The summed E-state index contributed by atoms with van der Waals surface area (Å²) in [6.45, 7) is 0. The molecule has 0 aliphatic heterocycles. The molecule has 0 aliphatic rings. The second-order valence-corrected chi connectivity index (χ2v) is 5.21. The first-order valence-corrected chi connectivity index (χ1v) is 7.08. The topological polar surface area (TPSA) is 24.9 Å². The number of hydrogen-bond donors (Lipinski definition) is 1. The quantitative estimate of drug-likeness (QED) is 0.879. The molecule has 2 rings (SSSR count). The van der Waals surface area contributed by atoms with Gasteiger partial charge in [0.1, 0.15) is 5.82 Å². The first-order valence-electron chi connectivity index (χ1n) is 6.70. The van der Waals surface area contributed by atoms with E-state index in [1.807, 2.05) is 31.3 Å². The van der Waals surface area contributed by atoms with Crippen LogP contribution in [0.5, 0.6) is 0 Å². The Hall–Kier alpha value is -1.45. The molecule has 1 heterocycles. The number of nitrogens with one attached hydrogen (secondary N) is 1. The van der Waals surface area contributed by atoms with E-state index in [9.17, 15) is 4.39 Å². The van der Waals surface area contributed by atoms with E-state index in [1.54, 1.807) is 12.3 Å². The third kappa shape index (κ3) is 4.29. The van der Waals surface area contributed by atoms with Crippen LogP contribution in [0.3, 0.4) is 0 Å². The number of likely N-dealkylation sites (N-methyl/N-ethyl adjacent to an activating group) is 1. The number of benzene rings is 1. The molecular weight excluding hydrogens is 275 g/mol. The molecule has 1 aromatic heterocycles. The van der Waals surface area contributed by atoms with Gasteiger partial charge in [0.15, 0.2) is 0 Å². The molecule has 0 amide bonds. The lowest BCUT2D eigenvalue weighted by molar-refractivity contribution is 0.515. The maximum Gasteiger partial charge on any atom is 0.142 e. The highest BCUT2D eigenvalue weighted by Gasteiger charge is 2.09. The van der Waals surface area contributed by atoms with Crippen molar-refractivity contribution in [2.45, 2.75) is 25.3 Å². The van der Waals surface area contributed by atoms with Crippen molar-refractivity contribution >= 4 is 11.6 Å². The Morgan fingerprint density at radius 2 is 2.15 bits per heavy atom. The standard InChI is InChI=1S/C16H18ClFN2/c1-19-14(7-6-13-4-2-3-9-20-13)10-12-5-8-15(17)16(18)11-12/h2-5,8-9,11,14,19H,6-7,10H2,1H3. The van der Waals surface area contributed by atoms with E-state index in [0.717, 1.165) is 30.5 Å². The lowest BCUT2D eigenvalue weighted by Gasteiger charge is -2.16. The smallest absolute Gasteiger partial charge is 0.142 e. The monoisotopic (exact) mass is 292 g/mol. The summed E-state index contributed by atoms with van der Waals surface area (Å²) in [4.78, 5) is 4.31. The second kappa shape index (κ2) is 7.36. The summed E-state index contributed by atoms with van der Waals surface area (Å²) in [7, 11) is 1.93. The minimum absolute atomic E-state index is 0.170. The fraction of sp³-hybridized carbons (Fsp3) is 0.312. The molecule has 0 fully saturated rings. The summed E-state index contributed by atoms with van der Waals surface area (Å²) in [6.07, 6.45) is 4.44. The molecule has 0 aliphatic carbocycles. The van der Waals surface area contributed by atoms with Crippen LogP contribution in [0.2, 0.25) is 5.02 Å². The summed E-state index contributed by atoms with van der Waals surface area (Å²) in [6, 6.07) is 11.2. The van der Waals surface area contributed by atoms with Crippen molar-refractivity contribution in [1.29, 1.82) is 0 Å². The van der Waals surface area contributed by atoms with E-state index in [4.69, 9.17) is 11.6 Å². The summed E-state index contributed by atoms with van der Waals surface area (Å²) in [5.41, 5.74) is 2.03. The zero-order valence-electron chi connectivity index (χ0n) is 11.4. The lowest BCUT2D eigenvalue weighted by Crippen LogP contribution is -2.28. The van der Waals surface area contributed by atoms with Crippen molar-refractivity contribution in [3.8, 4) is 0 Å². The number of aryl methyl sites for hydroxylation is 1. The fourth-order valence-electron chi connectivity index (χ4n) is 2.17. The normalized spacial score (nSPS) is 12.3. The lowest BCUT2D eigenvalue weighted by atomic mass is 10.0. The van der Waals surface area contributed by atoms with Crippen LogP contribution in [0, 0.1) is 5.82 Å². The van der Waals surface area contributed by atoms with Gasteiger partial charge in [-0.3, -0.25) is 4.98 Å². The van der Waals surface area contributed by atoms with Gasteiger partial charge in [-0.25, -0.2) is 4.39 Å². The predicted molar refractivity (Wildman–Crippen MR) is 80.5 cm³/mol. The molecular formula is C16H18ClFN2. The van der Waals surface area contributed by atoms with Gasteiger partial charge >= 0.3 is 0 Å². The SMILES string of the molecule is CNC(CCc1ccccn1)Cc1ccc(Cl)c(F)c1. The molecule has 0 spiro atoms. The van der Waals surface area contributed by atoms with E-state index in [1.165, 1.54) is 6.07 Å². The molecule has 0 radical (unpaired) electrons. The average Bonchev–Trinajstić information content (AvgIpc) is 2.48. The van der Waals surface area contributed by atoms with Crippen molar-refractivity contribution < 1.29 is 4.39 Å². The Balaban J connectivity index is 1.93. The van der Waals surface area contributed by atoms with Crippen LogP contribution in [0.1, 0.15) is 17.7 Å². The van der Waals surface area contributed by atoms with Gasteiger partial charge in [0, 0.05) is 17.9 Å². The van der Waals surface area contributed by atoms with Crippen LogP contribution in [0.15, 0.2) is 42.6 Å². The number of aromatic nitrogens is 1. The van der Waals surface area contributed by atoms with Crippen LogP contribution in [0.4, 0.5) is 4.39 Å². The third-order valence-electron chi connectivity index (χ3n) is 3.35. The highest BCUT2D eigenvalue weighted by atomic mass is 35.5. The van der Waals surface area contributed by atoms with E-state index in [0.29, 0.717) is 0 Å². The largest absolute Gasteiger partial charge is 0.317 e. The summed E-state index contributed by atoms with van der Waals surface area (Å²) in [5, 5.41) is 3.44. The fourth-order valence-corrected chi connectivity index (χ4v) is 2.29. The number of pyridine rings is 1. The van der Waals surface area contributed by atoms with Crippen LogP contribution >= 0.6 is 11.6 Å². The van der Waals surface area contributed by atoms with Gasteiger partial charge in [0.25, 0.3) is 0 Å². The Bertz CT molecular complexity index is 545. The number of nitrogens with zero attached hydrogens (tertiary/aromatic N) is 1. The Morgan fingerprint density at radius 3 is 2.80 bits per heavy atom. The van der Waals surface area contributed by atoms with Crippen molar-refractivity contribution in [2.24, 2.45) is 0 Å². The molecule has 1 N–H and O–H groups in total. The zero-order chi connectivity index (χ0) is 14.4. The zero-order valence-corrected chi connectivity index (χ0v) is 12.2. The number of halogens is 2. The molecule has 20 heavy (non-hydrogen) atoms. The average molecular weight is 293 g/mol. The highest BCUT2D eigenvalue weighted by Crippen LogP contribution is 2.17. The van der Waals surface area contributed by atoms with Gasteiger partial charge < -0.3 is 5.32 Å². The van der Waals surface area contributed by atoms with E-state index < -0.39 is 0 Å². The van der Waals surface area contributed by atoms with E-state index in [-0.39, 0.29) is 16.9 Å². The van der Waals surface area contributed by atoms with Gasteiger partial charge in [0.2, 0.25) is 0 Å². The van der Waals surface area contributed by atoms with Crippen molar-refractivity contribution in [1.82, 2.24) is 10.3 Å². The number of rotatable bonds is 6. The van der Waals surface area contributed by atoms with Crippen LogP contribution in [-0.4, -0.2) is 18.1 Å². The Kier molecular flexibility index (Phi) is 5.50. The first-order chi connectivity index (χ1) is 9.69. The minimum Gasteiger partial charge on any atom is -0.317 e. The Morgan fingerprint density at radius 1 is 1.30 bits per heavy atom. The summed E-state index contributed by atoms with van der Waals surface area (Å²) < 4.78 is 13.4. The van der Waals surface area contributed by atoms with E-state index in [2.05, 4.69) is 10.3 Å². The first kappa shape index (κ1) is 14.9.